The minimum atomic E-state index is 0.556. The van der Waals surface area contributed by atoms with Crippen LogP contribution in [-0.2, 0) is 13.1 Å². The van der Waals surface area contributed by atoms with Gasteiger partial charge in [-0.1, -0.05) is 34.1 Å². The van der Waals surface area contributed by atoms with Crippen LogP contribution < -0.4 is 10.6 Å². The van der Waals surface area contributed by atoms with Gasteiger partial charge in [-0.2, -0.15) is 0 Å². The molecular formula is C12H14BrN3S. The first-order valence-electron chi connectivity index (χ1n) is 5.30. The summed E-state index contributed by atoms with van der Waals surface area (Å²) in [5.41, 5.74) is 6.83. The van der Waals surface area contributed by atoms with Crippen LogP contribution in [0.3, 0.4) is 0 Å². The van der Waals surface area contributed by atoms with Crippen LogP contribution in [0.15, 0.2) is 34.9 Å². The van der Waals surface area contributed by atoms with E-state index >= 15 is 0 Å². The van der Waals surface area contributed by atoms with Crippen LogP contribution in [0.1, 0.15) is 10.4 Å². The first-order chi connectivity index (χ1) is 8.20. The molecule has 0 unspecified atom stereocenters. The van der Waals surface area contributed by atoms with E-state index < -0.39 is 0 Å². The Morgan fingerprint density at radius 1 is 1.41 bits per heavy atom. The lowest BCUT2D eigenvalue weighted by Gasteiger charge is -2.16. The Morgan fingerprint density at radius 3 is 2.82 bits per heavy atom. The van der Waals surface area contributed by atoms with Crippen LogP contribution in [-0.4, -0.2) is 12.0 Å². The molecule has 1 aromatic carbocycles. The van der Waals surface area contributed by atoms with E-state index in [0.29, 0.717) is 6.54 Å². The number of rotatable bonds is 4. The zero-order valence-electron chi connectivity index (χ0n) is 9.56. The van der Waals surface area contributed by atoms with Crippen molar-refractivity contribution in [1.29, 1.82) is 0 Å². The van der Waals surface area contributed by atoms with E-state index in [2.05, 4.69) is 37.9 Å². The molecule has 2 aromatic rings. The summed E-state index contributed by atoms with van der Waals surface area (Å²) in [6.45, 7) is 1.39. The molecule has 0 aliphatic heterocycles. The molecule has 0 amide bonds. The van der Waals surface area contributed by atoms with Crippen LogP contribution in [0, 0.1) is 0 Å². The van der Waals surface area contributed by atoms with Crippen LogP contribution in [0.2, 0.25) is 0 Å². The molecule has 0 bridgehead atoms. The number of hydrogen-bond donors (Lipinski definition) is 1. The molecule has 0 saturated carbocycles. The molecule has 0 radical (unpaired) electrons. The van der Waals surface area contributed by atoms with Gasteiger partial charge in [0, 0.05) is 35.7 Å². The Hall–Kier alpha value is -0.910. The summed E-state index contributed by atoms with van der Waals surface area (Å²) in [5.74, 6) is 0. The number of anilines is 1. The highest BCUT2D eigenvalue weighted by atomic mass is 79.9. The van der Waals surface area contributed by atoms with Crippen molar-refractivity contribution in [2.24, 2.45) is 5.73 Å². The van der Waals surface area contributed by atoms with Crippen molar-refractivity contribution >= 4 is 32.4 Å². The number of benzene rings is 1. The molecule has 1 heterocycles. The topological polar surface area (TPSA) is 42.2 Å². The van der Waals surface area contributed by atoms with Gasteiger partial charge < -0.3 is 10.6 Å². The summed E-state index contributed by atoms with van der Waals surface area (Å²) in [7, 11) is 2.04. The van der Waals surface area contributed by atoms with Crippen molar-refractivity contribution in [1.82, 2.24) is 4.98 Å². The zero-order chi connectivity index (χ0) is 12.3. The van der Waals surface area contributed by atoms with Crippen LogP contribution in [0.5, 0.6) is 0 Å². The molecule has 0 aliphatic rings. The first-order valence-corrected chi connectivity index (χ1v) is 6.91. The number of thiazole rings is 1. The average molecular weight is 312 g/mol. The van der Waals surface area contributed by atoms with Crippen molar-refractivity contribution in [2.45, 2.75) is 13.1 Å². The third-order valence-corrected chi connectivity index (χ3v) is 4.34. The van der Waals surface area contributed by atoms with E-state index in [-0.39, 0.29) is 0 Å². The Kier molecular flexibility index (Phi) is 4.15. The normalized spacial score (nSPS) is 10.5. The molecule has 5 heteroatoms. The first kappa shape index (κ1) is 12.5. The van der Waals surface area contributed by atoms with E-state index in [1.165, 1.54) is 5.56 Å². The number of halogens is 1. The number of nitrogens with zero attached hydrogens (tertiary/aromatic N) is 2. The van der Waals surface area contributed by atoms with Crippen molar-refractivity contribution in [3.8, 4) is 0 Å². The summed E-state index contributed by atoms with van der Waals surface area (Å²) in [6, 6.07) is 8.22. The minimum absolute atomic E-state index is 0.556. The second-order valence-electron chi connectivity index (χ2n) is 3.76. The fraction of sp³-hybridized carbons (Fsp3) is 0.250. The predicted molar refractivity (Wildman–Crippen MR) is 76.3 cm³/mol. The van der Waals surface area contributed by atoms with Gasteiger partial charge in [0.1, 0.15) is 0 Å². The Balaban J connectivity index is 2.11. The lowest BCUT2D eigenvalue weighted by molar-refractivity contribution is 0.910. The van der Waals surface area contributed by atoms with Gasteiger partial charge in [-0.15, -0.1) is 11.3 Å². The molecule has 2 N–H and O–H groups in total. The number of nitrogens with two attached hydrogens (primary N) is 1. The average Bonchev–Trinajstić information content (AvgIpc) is 2.81. The molecule has 0 fully saturated rings. The van der Waals surface area contributed by atoms with Gasteiger partial charge in [0.05, 0.1) is 0 Å². The molecule has 0 atom stereocenters. The van der Waals surface area contributed by atoms with Crippen LogP contribution in [0.4, 0.5) is 5.13 Å². The molecular weight excluding hydrogens is 298 g/mol. The molecule has 90 valence electrons. The molecule has 2 rings (SSSR count). The molecule has 1 aromatic heterocycles. The highest BCUT2D eigenvalue weighted by Gasteiger charge is 2.08. The quantitative estimate of drug-likeness (QED) is 0.944. The van der Waals surface area contributed by atoms with Crippen LogP contribution in [0.25, 0.3) is 0 Å². The van der Waals surface area contributed by atoms with E-state index in [1.54, 1.807) is 11.3 Å². The zero-order valence-corrected chi connectivity index (χ0v) is 12.0. The van der Waals surface area contributed by atoms with Crippen molar-refractivity contribution in [3.63, 3.8) is 0 Å². The SMILES string of the molecule is CN(Cc1ccccc1Br)c1ncc(CN)s1. The van der Waals surface area contributed by atoms with Crippen molar-refractivity contribution in [3.05, 3.63) is 45.4 Å². The van der Waals surface area contributed by atoms with Crippen LogP contribution >= 0.6 is 27.3 Å². The van der Waals surface area contributed by atoms with Crippen molar-refractivity contribution in [2.75, 3.05) is 11.9 Å². The van der Waals surface area contributed by atoms with E-state index in [4.69, 9.17) is 5.73 Å². The Labute approximate surface area is 113 Å². The maximum atomic E-state index is 5.58. The summed E-state index contributed by atoms with van der Waals surface area (Å²) >= 11 is 5.19. The van der Waals surface area contributed by atoms with E-state index in [9.17, 15) is 0 Å². The lowest BCUT2D eigenvalue weighted by atomic mass is 10.2. The molecule has 17 heavy (non-hydrogen) atoms. The third-order valence-electron chi connectivity index (χ3n) is 2.43. The standard InChI is InChI=1S/C12H14BrN3S/c1-16(12-15-7-10(6-14)17-12)8-9-4-2-3-5-11(9)13/h2-5,7H,6,8,14H2,1H3. The van der Waals surface area contributed by atoms with Gasteiger partial charge in [-0.05, 0) is 11.6 Å². The fourth-order valence-corrected chi connectivity index (χ4v) is 2.68. The molecule has 3 nitrogen and oxygen atoms in total. The van der Waals surface area contributed by atoms with Gasteiger partial charge >= 0.3 is 0 Å². The van der Waals surface area contributed by atoms with E-state index in [1.807, 2.05) is 25.4 Å². The highest BCUT2D eigenvalue weighted by molar-refractivity contribution is 9.10. The largest absolute Gasteiger partial charge is 0.347 e. The second kappa shape index (κ2) is 5.62. The summed E-state index contributed by atoms with van der Waals surface area (Å²) < 4.78 is 1.13. The Bertz CT molecular complexity index is 498. The summed E-state index contributed by atoms with van der Waals surface area (Å²) in [5, 5.41) is 1.00. The number of aromatic nitrogens is 1. The highest BCUT2D eigenvalue weighted by Crippen LogP contribution is 2.24. The maximum Gasteiger partial charge on any atom is 0.185 e. The number of hydrogen-bond acceptors (Lipinski definition) is 4. The smallest absolute Gasteiger partial charge is 0.185 e. The van der Waals surface area contributed by atoms with Gasteiger partial charge in [0.15, 0.2) is 5.13 Å². The van der Waals surface area contributed by atoms with Crippen molar-refractivity contribution < 1.29 is 0 Å². The predicted octanol–water partition coefficient (Wildman–Crippen LogP) is 3.00. The maximum absolute atomic E-state index is 5.58. The van der Waals surface area contributed by atoms with Gasteiger partial charge in [0.2, 0.25) is 0 Å². The molecule has 0 saturated heterocycles. The summed E-state index contributed by atoms with van der Waals surface area (Å²) in [4.78, 5) is 7.60. The van der Waals surface area contributed by atoms with E-state index in [0.717, 1.165) is 21.0 Å². The summed E-state index contributed by atoms with van der Waals surface area (Å²) in [6.07, 6.45) is 1.84. The molecule has 0 aliphatic carbocycles. The monoisotopic (exact) mass is 311 g/mol. The van der Waals surface area contributed by atoms with Gasteiger partial charge in [-0.3, -0.25) is 0 Å². The molecule has 0 spiro atoms. The van der Waals surface area contributed by atoms with Gasteiger partial charge in [0.25, 0.3) is 0 Å². The van der Waals surface area contributed by atoms with Gasteiger partial charge in [-0.25, -0.2) is 4.98 Å². The fourth-order valence-electron chi connectivity index (χ4n) is 1.52. The second-order valence-corrected chi connectivity index (χ2v) is 5.71. The lowest BCUT2D eigenvalue weighted by Crippen LogP contribution is -2.16. The Morgan fingerprint density at radius 2 is 2.18 bits per heavy atom. The third kappa shape index (κ3) is 3.06. The minimum Gasteiger partial charge on any atom is -0.347 e.